The van der Waals surface area contributed by atoms with Crippen molar-refractivity contribution in [3.05, 3.63) is 52.2 Å². The summed E-state index contributed by atoms with van der Waals surface area (Å²) in [5.41, 5.74) is 1.11. The highest BCUT2D eigenvalue weighted by Gasteiger charge is 2.18. The molecule has 23 heavy (non-hydrogen) atoms. The Morgan fingerprint density at radius 3 is 2.43 bits per heavy atom. The van der Waals surface area contributed by atoms with Crippen LogP contribution in [0.2, 0.25) is 0 Å². The van der Waals surface area contributed by atoms with Gasteiger partial charge in [-0.15, -0.1) is 11.3 Å². The van der Waals surface area contributed by atoms with E-state index < -0.39 is 18.0 Å². The maximum Gasteiger partial charge on any atom is 0.311 e. The minimum Gasteiger partial charge on any atom is -0.452 e. The van der Waals surface area contributed by atoms with Gasteiger partial charge in [0.1, 0.15) is 0 Å². The molecule has 1 aromatic heterocycles. The predicted octanol–water partition coefficient (Wildman–Crippen LogP) is 3.06. The summed E-state index contributed by atoms with van der Waals surface area (Å²) in [6.45, 7) is 2.99. The first-order chi connectivity index (χ1) is 11.0. The van der Waals surface area contributed by atoms with Crippen LogP contribution in [0.1, 0.15) is 29.1 Å². The summed E-state index contributed by atoms with van der Waals surface area (Å²) < 4.78 is 5.12. The smallest absolute Gasteiger partial charge is 0.311 e. The van der Waals surface area contributed by atoms with Gasteiger partial charge in [-0.3, -0.25) is 14.4 Å². The van der Waals surface area contributed by atoms with Gasteiger partial charge in [0, 0.05) is 16.1 Å². The number of ether oxygens (including phenoxy) is 1. The second-order valence-corrected chi connectivity index (χ2v) is 6.04. The van der Waals surface area contributed by atoms with Gasteiger partial charge >= 0.3 is 5.97 Å². The fraction of sp³-hybridized carbons (Fsp3) is 0.235. The van der Waals surface area contributed by atoms with Gasteiger partial charge in [-0.1, -0.05) is 6.07 Å². The lowest BCUT2D eigenvalue weighted by atomic mass is 10.1. The predicted molar refractivity (Wildman–Crippen MR) is 88.7 cm³/mol. The molecule has 5 nitrogen and oxygen atoms in total. The Kier molecular flexibility index (Phi) is 5.65. The van der Waals surface area contributed by atoms with Crippen LogP contribution >= 0.6 is 11.3 Å². The zero-order chi connectivity index (χ0) is 16.8. The first kappa shape index (κ1) is 16.9. The molecule has 1 unspecified atom stereocenters. The van der Waals surface area contributed by atoms with Crippen LogP contribution in [0.3, 0.4) is 0 Å². The van der Waals surface area contributed by atoms with Crippen LogP contribution in [-0.4, -0.2) is 23.8 Å². The Morgan fingerprint density at radius 1 is 1.17 bits per heavy atom. The molecule has 0 saturated carbocycles. The Bertz CT molecular complexity index is 692. The molecule has 1 amide bonds. The molecule has 1 heterocycles. The highest BCUT2D eigenvalue weighted by molar-refractivity contribution is 7.10. The number of carbonyl (C=O) groups excluding carboxylic acids is 3. The van der Waals surface area contributed by atoms with Crippen molar-refractivity contribution in [3.8, 4) is 0 Å². The van der Waals surface area contributed by atoms with Gasteiger partial charge in [-0.25, -0.2) is 0 Å². The molecule has 0 radical (unpaired) electrons. The van der Waals surface area contributed by atoms with Gasteiger partial charge in [0.25, 0.3) is 5.91 Å². The number of nitrogens with one attached hydrogen (secondary N) is 1. The molecular weight excluding hydrogens is 314 g/mol. The number of rotatable bonds is 6. The number of amides is 1. The van der Waals surface area contributed by atoms with E-state index in [0.29, 0.717) is 11.3 Å². The zero-order valence-corrected chi connectivity index (χ0v) is 13.7. The van der Waals surface area contributed by atoms with Gasteiger partial charge in [0.2, 0.25) is 0 Å². The number of carbonyl (C=O) groups is 3. The number of ketones is 1. The van der Waals surface area contributed by atoms with Gasteiger partial charge in [0.15, 0.2) is 11.9 Å². The maximum absolute atomic E-state index is 12.0. The highest BCUT2D eigenvalue weighted by Crippen LogP contribution is 2.12. The summed E-state index contributed by atoms with van der Waals surface area (Å²) in [5.74, 6) is -0.902. The molecule has 0 saturated heterocycles. The van der Waals surface area contributed by atoms with E-state index in [-0.39, 0.29) is 12.2 Å². The summed E-state index contributed by atoms with van der Waals surface area (Å²) in [4.78, 5) is 35.9. The quantitative estimate of drug-likeness (QED) is 0.652. The summed E-state index contributed by atoms with van der Waals surface area (Å²) in [5, 5.41) is 4.53. The topological polar surface area (TPSA) is 72.5 Å². The first-order valence-corrected chi connectivity index (χ1v) is 7.97. The fourth-order valence-corrected chi connectivity index (χ4v) is 2.57. The van der Waals surface area contributed by atoms with Crippen LogP contribution in [0.4, 0.5) is 5.69 Å². The van der Waals surface area contributed by atoms with E-state index in [1.807, 2.05) is 17.5 Å². The molecule has 0 bridgehead atoms. The molecule has 6 heteroatoms. The molecule has 2 aromatic rings. The van der Waals surface area contributed by atoms with Crippen molar-refractivity contribution in [1.29, 1.82) is 0 Å². The second-order valence-electron chi connectivity index (χ2n) is 5.01. The van der Waals surface area contributed by atoms with E-state index in [2.05, 4.69) is 5.32 Å². The first-order valence-electron chi connectivity index (χ1n) is 7.09. The van der Waals surface area contributed by atoms with Gasteiger partial charge in [-0.2, -0.15) is 0 Å². The maximum atomic E-state index is 12.0. The largest absolute Gasteiger partial charge is 0.452 e. The Balaban J connectivity index is 1.86. The standard InChI is InChI=1S/C17H17NO4S/c1-11(19)13-5-7-14(8-6-13)18-17(21)12(2)22-16(20)10-15-4-3-9-23-15/h3-9,12H,10H2,1-2H3,(H,18,21). The third-order valence-electron chi connectivity index (χ3n) is 3.14. The number of hydrogen-bond donors (Lipinski definition) is 1. The number of thiophene rings is 1. The van der Waals surface area contributed by atoms with Gasteiger partial charge in [0.05, 0.1) is 6.42 Å². The van der Waals surface area contributed by atoms with Crippen LogP contribution in [0.25, 0.3) is 0 Å². The van der Waals surface area contributed by atoms with E-state index in [1.54, 1.807) is 24.3 Å². The van der Waals surface area contributed by atoms with Crippen molar-refractivity contribution >= 4 is 34.7 Å². The average molecular weight is 331 g/mol. The van der Waals surface area contributed by atoms with Gasteiger partial charge in [-0.05, 0) is 49.6 Å². The summed E-state index contributed by atoms with van der Waals surface area (Å²) in [6.07, 6.45) is -0.738. The van der Waals surface area contributed by atoms with Crippen LogP contribution in [0, 0.1) is 0 Å². The number of benzene rings is 1. The minimum atomic E-state index is -0.894. The van der Waals surface area contributed by atoms with Crippen molar-refractivity contribution in [3.63, 3.8) is 0 Å². The number of esters is 1. The van der Waals surface area contributed by atoms with Crippen LogP contribution in [0.15, 0.2) is 41.8 Å². The van der Waals surface area contributed by atoms with Crippen LogP contribution in [-0.2, 0) is 20.7 Å². The van der Waals surface area contributed by atoms with Crippen molar-refractivity contribution < 1.29 is 19.1 Å². The number of Topliss-reactive ketones (excluding diaryl/α,β-unsaturated/α-hetero) is 1. The Hall–Kier alpha value is -2.47. The molecule has 0 aliphatic rings. The van der Waals surface area contributed by atoms with Crippen molar-refractivity contribution in [1.82, 2.24) is 0 Å². The fourth-order valence-electron chi connectivity index (χ4n) is 1.88. The summed E-state index contributed by atoms with van der Waals surface area (Å²) in [7, 11) is 0. The molecule has 0 spiro atoms. The van der Waals surface area contributed by atoms with Gasteiger partial charge < -0.3 is 10.1 Å². The van der Waals surface area contributed by atoms with Crippen LogP contribution < -0.4 is 5.32 Å². The molecule has 0 aliphatic heterocycles. The zero-order valence-electron chi connectivity index (χ0n) is 12.9. The third kappa shape index (κ3) is 5.03. The van der Waals surface area contributed by atoms with E-state index in [9.17, 15) is 14.4 Å². The summed E-state index contributed by atoms with van der Waals surface area (Å²) in [6, 6.07) is 10.2. The summed E-state index contributed by atoms with van der Waals surface area (Å²) >= 11 is 1.46. The number of anilines is 1. The minimum absolute atomic E-state index is 0.0428. The highest BCUT2D eigenvalue weighted by atomic mass is 32.1. The van der Waals surface area contributed by atoms with Crippen molar-refractivity contribution in [2.24, 2.45) is 0 Å². The Morgan fingerprint density at radius 2 is 1.87 bits per heavy atom. The normalized spacial score (nSPS) is 11.6. The SMILES string of the molecule is CC(=O)c1ccc(NC(=O)C(C)OC(=O)Cc2cccs2)cc1. The second kappa shape index (κ2) is 7.69. The number of hydrogen-bond acceptors (Lipinski definition) is 5. The lowest BCUT2D eigenvalue weighted by Gasteiger charge is -2.13. The molecule has 1 N–H and O–H groups in total. The molecule has 120 valence electrons. The monoisotopic (exact) mass is 331 g/mol. The van der Waals surface area contributed by atoms with E-state index in [0.717, 1.165) is 4.88 Å². The molecule has 2 rings (SSSR count). The van der Waals surface area contributed by atoms with Crippen molar-refractivity contribution in [2.75, 3.05) is 5.32 Å². The van der Waals surface area contributed by atoms with E-state index >= 15 is 0 Å². The molecular formula is C17H17NO4S. The van der Waals surface area contributed by atoms with E-state index in [1.165, 1.54) is 25.2 Å². The lowest BCUT2D eigenvalue weighted by Crippen LogP contribution is -2.30. The van der Waals surface area contributed by atoms with Crippen molar-refractivity contribution in [2.45, 2.75) is 26.4 Å². The Labute approximate surface area is 138 Å². The third-order valence-corrected chi connectivity index (χ3v) is 4.01. The lowest BCUT2D eigenvalue weighted by molar-refractivity contribution is -0.152. The molecule has 1 atom stereocenters. The average Bonchev–Trinajstić information content (AvgIpc) is 3.00. The van der Waals surface area contributed by atoms with E-state index in [4.69, 9.17) is 4.74 Å². The van der Waals surface area contributed by atoms with Crippen LogP contribution in [0.5, 0.6) is 0 Å². The molecule has 0 aliphatic carbocycles. The molecule has 0 fully saturated rings. The molecule has 1 aromatic carbocycles.